The van der Waals surface area contributed by atoms with Crippen molar-refractivity contribution in [2.45, 2.75) is 26.3 Å². The molecule has 0 aliphatic carbocycles. The van der Waals surface area contributed by atoms with Gasteiger partial charge in [0, 0.05) is 8.04 Å². The van der Waals surface area contributed by atoms with E-state index in [0.717, 1.165) is 20.0 Å². The Morgan fingerprint density at radius 3 is 2.52 bits per heavy atom. The van der Waals surface area contributed by atoms with E-state index in [1.165, 1.54) is 5.56 Å². The van der Waals surface area contributed by atoms with Crippen molar-refractivity contribution in [1.82, 2.24) is 5.32 Å². The van der Waals surface area contributed by atoms with Crippen LogP contribution in [0.5, 0.6) is 0 Å². The van der Waals surface area contributed by atoms with Crippen molar-refractivity contribution in [2.75, 3.05) is 0 Å². The lowest BCUT2D eigenvalue weighted by Crippen LogP contribution is -2.27. The third-order valence-corrected chi connectivity index (χ3v) is 4.77. The predicted molar refractivity (Wildman–Crippen MR) is 98.6 cm³/mol. The summed E-state index contributed by atoms with van der Waals surface area (Å²) >= 11 is 5.64. The molecule has 4 heteroatoms. The van der Waals surface area contributed by atoms with Gasteiger partial charge in [-0.25, -0.2) is 0 Å². The molecule has 1 atom stereocenters. The van der Waals surface area contributed by atoms with Crippen molar-refractivity contribution in [2.24, 2.45) is 0 Å². The molecule has 110 valence electrons. The van der Waals surface area contributed by atoms with Gasteiger partial charge in [0.05, 0.1) is 11.6 Å². The fourth-order valence-electron chi connectivity index (χ4n) is 2.07. The molecule has 2 rings (SSSR count). The summed E-state index contributed by atoms with van der Waals surface area (Å²) in [7, 11) is 0. The number of rotatable bonds is 4. The van der Waals surface area contributed by atoms with Crippen molar-refractivity contribution < 1.29 is 4.79 Å². The van der Waals surface area contributed by atoms with Gasteiger partial charge in [-0.1, -0.05) is 31.2 Å². The predicted octanol–water partition coefficient (Wildman–Crippen LogP) is 5.11. The zero-order valence-electron chi connectivity index (χ0n) is 12.0. The molecule has 0 radical (unpaired) electrons. The number of carbonyl (C=O) groups excluding carboxylic acids is 1. The lowest BCUT2D eigenvalue weighted by atomic mass is 10.0. The highest BCUT2D eigenvalue weighted by molar-refractivity contribution is 14.1. The topological polar surface area (TPSA) is 29.1 Å². The molecule has 0 fully saturated rings. The number of hydrogen-bond donors (Lipinski definition) is 1. The summed E-state index contributed by atoms with van der Waals surface area (Å²) in [5, 5.41) is 3.05. The molecule has 1 unspecified atom stereocenters. The maximum atomic E-state index is 12.4. The van der Waals surface area contributed by atoms with Crippen molar-refractivity contribution >= 4 is 44.4 Å². The molecule has 2 nitrogen and oxygen atoms in total. The van der Waals surface area contributed by atoms with Gasteiger partial charge in [-0.05, 0) is 81.2 Å². The van der Waals surface area contributed by atoms with Crippen molar-refractivity contribution in [3.63, 3.8) is 0 Å². The summed E-state index contributed by atoms with van der Waals surface area (Å²) in [5.41, 5.74) is 3.08. The number of aryl methyl sites for hydroxylation is 1. The van der Waals surface area contributed by atoms with Crippen molar-refractivity contribution in [3.05, 3.63) is 67.2 Å². The van der Waals surface area contributed by atoms with Crippen LogP contribution in [-0.2, 0) is 6.42 Å². The maximum Gasteiger partial charge on any atom is 0.252 e. The molecule has 0 spiro atoms. The van der Waals surface area contributed by atoms with Gasteiger partial charge in [-0.2, -0.15) is 0 Å². The monoisotopic (exact) mass is 457 g/mol. The van der Waals surface area contributed by atoms with E-state index in [2.05, 4.69) is 75.0 Å². The van der Waals surface area contributed by atoms with E-state index in [4.69, 9.17) is 0 Å². The van der Waals surface area contributed by atoms with Gasteiger partial charge in [0.25, 0.3) is 5.91 Å². The second kappa shape index (κ2) is 7.40. The smallest absolute Gasteiger partial charge is 0.252 e. The number of nitrogens with one attached hydrogen (secondary N) is 1. The van der Waals surface area contributed by atoms with Gasteiger partial charge in [0.15, 0.2) is 0 Å². The van der Waals surface area contributed by atoms with E-state index in [0.29, 0.717) is 5.56 Å². The molecule has 2 aromatic rings. The molecule has 0 saturated carbocycles. The fraction of sp³-hybridized carbons (Fsp3) is 0.235. The van der Waals surface area contributed by atoms with Gasteiger partial charge in [0.2, 0.25) is 0 Å². The van der Waals surface area contributed by atoms with Crippen LogP contribution in [0.4, 0.5) is 0 Å². The summed E-state index contributed by atoms with van der Waals surface area (Å²) in [4.78, 5) is 12.4. The second-order valence-electron chi connectivity index (χ2n) is 4.91. The molecule has 21 heavy (non-hydrogen) atoms. The highest BCUT2D eigenvalue weighted by Gasteiger charge is 2.14. The third-order valence-electron chi connectivity index (χ3n) is 3.41. The van der Waals surface area contributed by atoms with E-state index < -0.39 is 0 Å². The van der Waals surface area contributed by atoms with Crippen LogP contribution in [0.25, 0.3) is 0 Å². The van der Waals surface area contributed by atoms with Crippen molar-refractivity contribution in [3.8, 4) is 0 Å². The molecular formula is C17H17BrINO. The zero-order chi connectivity index (χ0) is 15.4. The Morgan fingerprint density at radius 1 is 1.24 bits per heavy atom. The molecule has 0 bridgehead atoms. The van der Waals surface area contributed by atoms with Crippen LogP contribution in [0, 0.1) is 3.57 Å². The number of amides is 1. The fourth-order valence-corrected chi connectivity index (χ4v) is 2.99. The Bertz CT molecular complexity index is 640. The minimum Gasteiger partial charge on any atom is -0.345 e. The van der Waals surface area contributed by atoms with Gasteiger partial charge in [-0.3, -0.25) is 4.79 Å². The van der Waals surface area contributed by atoms with Gasteiger partial charge in [-0.15, -0.1) is 0 Å². The van der Waals surface area contributed by atoms with E-state index >= 15 is 0 Å². The Morgan fingerprint density at radius 2 is 1.90 bits per heavy atom. The van der Waals surface area contributed by atoms with E-state index in [-0.39, 0.29) is 11.9 Å². The lowest BCUT2D eigenvalue weighted by Gasteiger charge is -2.15. The molecule has 0 aliphatic heterocycles. The van der Waals surface area contributed by atoms with Crippen LogP contribution in [-0.4, -0.2) is 5.91 Å². The summed E-state index contributed by atoms with van der Waals surface area (Å²) in [5.74, 6) is -0.0625. The SMILES string of the molecule is CCc1ccc(C(C)NC(=O)c2cc(I)ccc2Br)cc1. The Kier molecular flexibility index (Phi) is 5.81. The van der Waals surface area contributed by atoms with Crippen LogP contribution in [0.2, 0.25) is 0 Å². The van der Waals surface area contributed by atoms with Gasteiger partial charge < -0.3 is 5.32 Å². The number of halogens is 2. The molecule has 1 amide bonds. The van der Waals surface area contributed by atoms with Gasteiger partial charge >= 0.3 is 0 Å². The first-order valence-electron chi connectivity index (χ1n) is 6.86. The van der Waals surface area contributed by atoms with Gasteiger partial charge in [0.1, 0.15) is 0 Å². The number of carbonyl (C=O) groups is 1. The Balaban J connectivity index is 2.12. The van der Waals surface area contributed by atoms with Crippen LogP contribution in [0.1, 0.15) is 41.4 Å². The van der Waals surface area contributed by atoms with Crippen LogP contribution in [0.3, 0.4) is 0 Å². The third kappa shape index (κ3) is 4.30. The summed E-state index contributed by atoms with van der Waals surface area (Å²) in [6.45, 7) is 4.13. The van der Waals surface area contributed by atoms with E-state index in [1.54, 1.807) is 0 Å². The largest absolute Gasteiger partial charge is 0.345 e. The summed E-state index contributed by atoms with van der Waals surface area (Å²) in [6.07, 6.45) is 1.02. The summed E-state index contributed by atoms with van der Waals surface area (Å²) in [6, 6.07) is 14.1. The summed E-state index contributed by atoms with van der Waals surface area (Å²) < 4.78 is 1.86. The average molecular weight is 458 g/mol. The second-order valence-corrected chi connectivity index (χ2v) is 7.01. The van der Waals surface area contributed by atoms with E-state index in [1.807, 2.05) is 25.1 Å². The normalized spacial score (nSPS) is 12.0. The Labute approximate surface area is 147 Å². The lowest BCUT2D eigenvalue weighted by molar-refractivity contribution is 0.0939. The minimum absolute atomic E-state index is 0.0202. The molecule has 0 saturated heterocycles. The van der Waals surface area contributed by atoms with Crippen LogP contribution in [0.15, 0.2) is 46.9 Å². The molecule has 2 aromatic carbocycles. The molecule has 0 heterocycles. The van der Waals surface area contributed by atoms with Crippen LogP contribution < -0.4 is 5.32 Å². The highest BCUT2D eigenvalue weighted by Crippen LogP contribution is 2.21. The first kappa shape index (κ1) is 16.5. The number of benzene rings is 2. The molecular weight excluding hydrogens is 441 g/mol. The standard InChI is InChI=1S/C17H17BrINO/c1-3-12-4-6-13(7-5-12)11(2)20-17(21)15-10-14(19)8-9-16(15)18/h4-11H,3H2,1-2H3,(H,20,21). The van der Waals surface area contributed by atoms with E-state index in [9.17, 15) is 4.79 Å². The quantitative estimate of drug-likeness (QED) is 0.635. The zero-order valence-corrected chi connectivity index (χ0v) is 15.7. The number of hydrogen-bond acceptors (Lipinski definition) is 1. The first-order chi connectivity index (χ1) is 10.0. The maximum absolute atomic E-state index is 12.4. The highest BCUT2D eigenvalue weighted by atomic mass is 127. The minimum atomic E-state index is -0.0625. The van der Waals surface area contributed by atoms with Crippen LogP contribution >= 0.6 is 38.5 Å². The Hall–Kier alpha value is -0.880. The molecule has 0 aromatic heterocycles. The molecule has 0 aliphatic rings. The molecule has 1 N–H and O–H groups in total. The van der Waals surface area contributed by atoms with Crippen molar-refractivity contribution in [1.29, 1.82) is 0 Å². The first-order valence-corrected chi connectivity index (χ1v) is 8.73. The average Bonchev–Trinajstić information content (AvgIpc) is 2.49.